The van der Waals surface area contributed by atoms with Crippen molar-refractivity contribution in [3.05, 3.63) is 34.6 Å². The maximum Gasteiger partial charge on any atom is 0.221 e. The molecule has 0 bridgehead atoms. The van der Waals surface area contributed by atoms with E-state index in [0.717, 1.165) is 0 Å². The van der Waals surface area contributed by atoms with Gasteiger partial charge in [-0.25, -0.2) is 4.39 Å². The van der Waals surface area contributed by atoms with Crippen molar-refractivity contribution < 1.29 is 9.18 Å². The Morgan fingerprint density at radius 2 is 2.24 bits per heavy atom. The zero-order valence-electron chi connectivity index (χ0n) is 9.72. The Labute approximate surface area is 105 Å². The normalized spacial score (nSPS) is 10.3. The molecule has 3 nitrogen and oxygen atoms in total. The van der Waals surface area contributed by atoms with Gasteiger partial charge in [-0.15, -0.1) is 0 Å². The number of hydrogen-bond acceptors (Lipinski definition) is 2. The van der Waals surface area contributed by atoms with Crippen LogP contribution in [-0.2, 0) is 11.3 Å². The number of carbonyl (C=O) groups is 1. The third kappa shape index (κ3) is 5.15. The zero-order chi connectivity index (χ0) is 12.7. The van der Waals surface area contributed by atoms with E-state index in [-0.39, 0.29) is 11.7 Å². The summed E-state index contributed by atoms with van der Waals surface area (Å²) in [6.45, 7) is 3.41. The van der Waals surface area contributed by atoms with Crippen LogP contribution in [0.4, 0.5) is 4.39 Å². The predicted molar refractivity (Wildman–Crippen MR) is 66.4 cm³/mol. The molecule has 0 saturated carbocycles. The molecule has 2 N–H and O–H groups in total. The van der Waals surface area contributed by atoms with E-state index in [2.05, 4.69) is 10.6 Å². The van der Waals surface area contributed by atoms with Gasteiger partial charge in [0, 0.05) is 36.6 Å². The van der Waals surface area contributed by atoms with Crippen LogP contribution in [0.3, 0.4) is 0 Å². The summed E-state index contributed by atoms with van der Waals surface area (Å²) in [6.07, 6.45) is 0.392. The van der Waals surface area contributed by atoms with Crippen LogP contribution in [0.25, 0.3) is 0 Å². The largest absolute Gasteiger partial charge is 0.356 e. The molecule has 1 rings (SSSR count). The van der Waals surface area contributed by atoms with E-state index in [9.17, 15) is 9.18 Å². The molecule has 1 aromatic carbocycles. The van der Waals surface area contributed by atoms with E-state index in [4.69, 9.17) is 11.6 Å². The number of nitrogens with one attached hydrogen (secondary N) is 2. The summed E-state index contributed by atoms with van der Waals surface area (Å²) in [5, 5.41) is 6.08. The Kier molecular flexibility index (Phi) is 5.94. The molecule has 0 spiro atoms. The van der Waals surface area contributed by atoms with Gasteiger partial charge in [-0.1, -0.05) is 17.7 Å². The number of hydrogen-bond donors (Lipinski definition) is 2. The Morgan fingerprint density at radius 1 is 1.47 bits per heavy atom. The van der Waals surface area contributed by atoms with Gasteiger partial charge >= 0.3 is 0 Å². The van der Waals surface area contributed by atoms with Crippen molar-refractivity contribution in [2.24, 2.45) is 0 Å². The van der Waals surface area contributed by atoms with E-state index in [0.29, 0.717) is 36.6 Å². The molecule has 0 radical (unpaired) electrons. The lowest BCUT2D eigenvalue weighted by Crippen LogP contribution is -2.27. The third-order valence-electron chi connectivity index (χ3n) is 2.23. The molecule has 1 amide bonds. The fourth-order valence-electron chi connectivity index (χ4n) is 1.38. The molecule has 0 aliphatic heterocycles. The minimum absolute atomic E-state index is 0.00317. The monoisotopic (exact) mass is 258 g/mol. The first kappa shape index (κ1) is 13.9. The van der Waals surface area contributed by atoms with Crippen molar-refractivity contribution >= 4 is 17.5 Å². The lowest BCUT2D eigenvalue weighted by Gasteiger charge is -2.06. The van der Waals surface area contributed by atoms with E-state index in [1.54, 1.807) is 12.1 Å². The highest BCUT2D eigenvalue weighted by Gasteiger charge is 2.03. The number of carbonyl (C=O) groups excluding carboxylic acids is 1. The number of halogens is 2. The summed E-state index contributed by atoms with van der Waals surface area (Å²) in [5.74, 6) is -0.334. The minimum Gasteiger partial charge on any atom is -0.356 e. The summed E-state index contributed by atoms with van der Waals surface area (Å²) in [6, 6.07) is 4.56. The van der Waals surface area contributed by atoms with E-state index in [1.165, 1.54) is 6.07 Å². The van der Waals surface area contributed by atoms with Crippen molar-refractivity contribution in [1.29, 1.82) is 0 Å². The van der Waals surface area contributed by atoms with Crippen molar-refractivity contribution in [2.45, 2.75) is 19.9 Å². The molecular weight excluding hydrogens is 243 g/mol. The lowest BCUT2D eigenvalue weighted by atomic mass is 10.2. The zero-order valence-corrected chi connectivity index (χ0v) is 10.5. The molecule has 5 heteroatoms. The minimum atomic E-state index is -0.331. The Bertz CT molecular complexity index is 385. The quantitative estimate of drug-likeness (QED) is 0.768. The van der Waals surface area contributed by atoms with Gasteiger partial charge in [-0.2, -0.15) is 0 Å². The Balaban J connectivity index is 2.29. The second-order valence-electron chi connectivity index (χ2n) is 3.62. The van der Waals surface area contributed by atoms with Gasteiger partial charge in [0.15, 0.2) is 0 Å². The van der Waals surface area contributed by atoms with Crippen LogP contribution in [-0.4, -0.2) is 19.0 Å². The van der Waals surface area contributed by atoms with Crippen LogP contribution in [0.2, 0.25) is 5.02 Å². The van der Waals surface area contributed by atoms with Gasteiger partial charge in [0.25, 0.3) is 0 Å². The van der Waals surface area contributed by atoms with Gasteiger partial charge in [-0.05, 0) is 19.1 Å². The fourth-order valence-corrected chi connectivity index (χ4v) is 1.53. The predicted octanol–water partition coefficient (Wildman–Crippen LogP) is 2.09. The van der Waals surface area contributed by atoms with Crippen LogP contribution in [0.15, 0.2) is 18.2 Å². The molecule has 0 atom stereocenters. The first-order valence-electron chi connectivity index (χ1n) is 5.54. The molecule has 0 heterocycles. The second kappa shape index (κ2) is 7.25. The molecule has 1 aromatic rings. The molecule has 0 aliphatic rings. The van der Waals surface area contributed by atoms with Crippen LogP contribution in [0, 0.1) is 5.82 Å². The second-order valence-corrected chi connectivity index (χ2v) is 4.05. The highest BCUT2D eigenvalue weighted by atomic mass is 35.5. The molecule has 17 heavy (non-hydrogen) atoms. The lowest BCUT2D eigenvalue weighted by molar-refractivity contribution is -0.120. The van der Waals surface area contributed by atoms with Crippen LogP contribution in [0.1, 0.15) is 18.9 Å². The van der Waals surface area contributed by atoms with Gasteiger partial charge in [-0.3, -0.25) is 4.79 Å². The highest BCUT2D eigenvalue weighted by Crippen LogP contribution is 2.14. The van der Waals surface area contributed by atoms with Gasteiger partial charge in [0.2, 0.25) is 5.91 Å². The smallest absolute Gasteiger partial charge is 0.221 e. The summed E-state index contributed by atoms with van der Waals surface area (Å²) in [7, 11) is 0. The molecule has 0 fully saturated rings. The van der Waals surface area contributed by atoms with Crippen molar-refractivity contribution in [1.82, 2.24) is 10.6 Å². The number of amides is 1. The molecule has 94 valence electrons. The molecule has 0 aromatic heterocycles. The Morgan fingerprint density at radius 3 is 2.88 bits per heavy atom. The van der Waals surface area contributed by atoms with E-state index in [1.807, 2.05) is 6.92 Å². The van der Waals surface area contributed by atoms with E-state index < -0.39 is 0 Å². The maximum absolute atomic E-state index is 13.4. The summed E-state index contributed by atoms with van der Waals surface area (Å²) in [4.78, 5) is 11.1. The van der Waals surface area contributed by atoms with Crippen LogP contribution < -0.4 is 10.6 Å². The first-order valence-corrected chi connectivity index (χ1v) is 5.92. The van der Waals surface area contributed by atoms with Crippen molar-refractivity contribution in [3.63, 3.8) is 0 Å². The topological polar surface area (TPSA) is 41.1 Å². The van der Waals surface area contributed by atoms with Crippen LogP contribution >= 0.6 is 11.6 Å². The summed E-state index contributed by atoms with van der Waals surface area (Å²) >= 11 is 5.64. The molecule has 0 unspecified atom stereocenters. The SMILES string of the molecule is CCNC(=O)CCNCc1ccc(Cl)cc1F. The maximum atomic E-state index is 13.4. The van der Waals surface area contributed by atoms with Gasteiger partial charge in [0.05, 0.1) is 0 Å². The van der Waals surface area contributed by atoms with Crippen molar-refractivity contribution in [3.8, 4) is 0 Å². The molecule has 0 saturated heterocycles. The molecule has 0 aliphatic carbocycles. The highest BCUT2D eigenvalue weighted by molar-refractivity contribution is 6.30. The van der Waals surface area contributed by atoms with Crippen molar-refractivity contribution in [2.75, 3.05) is 13.1 Å². The van der Waals surface area contributed by atoms with Gasteiger partial charge < -0.3 is 10.6 Å². The average molecular weight is 259 g/mol. The number of rotatable bonds is 6. The Hall–Kier alpha value is -1.13. The fraction of sp³-hybridized carbons (Fsp3) is 0.417. The first-order chi connectivity index (χ1) is 8.13. The summed E-state index contributed by atoms with van der Waals surface area (Å²) in [5.41, 5.74) is 0.547. The van der Waals surface area contributed by atoms with E-state index >= 15 is 0 Å². The third-order valence-corrected chi connectivity index (χ3v) is 2.47. The molecular formula is C12H16ClFN2O. The van der Waals surface area contributed by atoms with Crippen LogP contribution in [0.5, 0.6) is 0 Å². The van der Waals surface area contributed by atoms with Gasteiger partial charge in [0.1, 0.15) is 5.82 Å². The standard InChI is InChI=1S/C12H16ClFN2O/c1-2-16-12(17)5-6-15-8-9-3-4-10(13)7-11(9)14/h3-4,7,15H,2,5-6,8H2,1H3,(H,16,17). The average Bonchev–Trinajstić information content (AvgIpc) is 2.27. The number of benzene rings is 1. The summed E-state index contributed by atoms with van der Waals surface area (Å²) < 4.78 is 13.4.